The lowest BCUT2D eigenvalue weighted by molar-refractivity contribution is -0.196. The molecule has 26 heavy (non-hydrogen) atoms. The largest absolute Gasteiger partial charge is 0.478 e. The number of rotatable bonds is 5. The average Bonchev–Trinajstić information content (AvgIpc) is 2.38. The topological polar surface area (TPSA) is 130 Å². The zero-order valence-corrected chi connectivity index (χ0v) is 13.8. The van der Waals surface area contributed by atoms with Crippen molar-refractivity contribution in [1.82, 2.24) is 0 Å². The van der Waals surface area contributed by atoms with Gasteiger partial charge in [-0.05, 0) is 0 Å². The second-order valence-corrected chi connectivity index (χ2v) is 6.12. The van der Waals surface area contributed by atoms with Crippen LogP contribution in [0.1, 0.15) is 33.1 Å². The Balaban J connectivity index is 1.02. The zero-order valence-electron chi connectivity index (χ0n) is 13.8. The van der Waals surface area contributed by atoms with E-state index >= 15 is 0 Å². The van der Waals surface area contributed by atoms with Gasteiger partial charge in [0.05, 0.1) is 0 Å². The van der Waals surface area contributed by atoms with Gasteiger partial charge in [-0.15, -0.1) is 30.0 Å². The Morgan fingerprint density at radius 3 is 1.19 bits per heavy atom. The summed E-state index contributed by atoms with van der Waals surface area (Å²) in [4.78, 5) is 24.8. The molecule has 0 saturated carbocycles. The summed E-state index contributed by atoms with van der Waals surface area (Å²) in [6.07, 6.45) is 1.30. The summed E-state index contributed by atoms with van der Waals surface area (Å²) < 4.78 is 32.2. The Bertz CT molecular complexity index is 936. The fourth-order valence-corrected chi connectivity index (χ4v) is 2.97. The van der Waals surface area contributed by atoms with Crippen LogP contribution < -0.4 is 0 Å². The molecule has 0 N–H and O–H groups in total. The van der Waals surface area contributed by atoms with E-state index in [0.29, 0.717) is 54.6 Å². The SMILES string of the molecule is CCC1=NC2(N=C(CC3=NC4(N=C(CC5=NC6(N=C(C)O6)O5)O4)O3)O2)O1. The van der Waals surface area contributed by atoms with Crippen molar-refractivity contribution in [2.75, 3.05) is 0 Å². The third kappa shape index (κ3) is 1.83. The molecule has 3 unspecified atom stereocenters. The first-order valence-corrected chi connectivity index (χ1v) is 8.11. The summed E-state index contributed by atoms with van der Waals surface area (Å²) >= 11 is 0. The highest BCUT2D eigenvalue weighted by atomic mass is 16.8. The van der Waals surface area contributed by atoms with E-state index < -0.39 is 18.1 Å². The number of hydrogen-bond acceptors (Lipinski definition) is 12. The third-order valence-corrected chi connectivity index (χ3v) is 4.07. The normalized spacial score (nSPS) is 39.5. The number of hydrogen-bond donors (Lipinski definition) is 0. The highest BCUT2D eigenvalue weighted by Crippen LogP contribution is 2.40. The predicted octanol–water partition coefficient (Wildman–Crippen LogP) is 0.603. The Labute approximate surface area is 146 Å². The van der Waals surface area contributed by atoms with Crippen LogP contribution in [0.2, 0.25) is 0 Å². The second-order valence-electron chi connectivity index (χ2n) is 6.12. The van der Waals surface area contributed by atoms with E-state index in [1.54, 1.807) is 6.92 Å². The molecule has 0 fully saturated rings. The Hall–Kier alpha value is -3.18. The molecule has 0 aromatic heterocycles. The van der Waals surface area contributed by atoms with Crippen LogP contribution in [0, 0.1) is 0 Å². The monoisotopic (exact) mass is 360 g/mol. The molecule has 6 rings (SSSR count). The zero-order chi connectivity index (χ0) is 17.6. The molecule has 134 valence electrons. The molecule has 0 saturated heterocycles. The minimum Gasteiger partial charge on any atom is -0.402 e. The summed E-state index contributed by atoms with van der Waals surface area (Å²) in [6, 6.07) is -3.60. The van der Waals surface area contributed by atoms with Gasteiger partial charge in [-0.3, -0.25) is 0 Å². The van der Waals surface area contributed by atoms with Crippen molar-refractivity contribution >= 4 is 35.4 Å². The molecular weight excluding hydrogens is 348 g/mol. The lowest BCUT2D eigenvalue weighted by Gasteiger charge is -2.43. The van der Waals surface area contributed by atoms with Gasteiger partial charge in [0.1, 0.15) is 12.8 Å². The first-order chi connectivity index (χ1) is 12.5. The Kier molecular flexibility index (Phi) is 2.23. The van der Waals surface area contributed by atoms with Crippen molar-refractivity contribution in [3.8, 4) is 0 Å². The summed E-state index contributed by atoms with van der Waals surface area (Å²) in [5.41, 5.74) is 0. The molecule has 0 aliphatic carbocycles. The van der Waals surface area contributed by atoms with E-state index in [1.165, 1.54) is 0 Å². The molecule has 12 heteroatoms. The van der Waals surface area contributed by atoms with Crippen molar-refractivity contribution < 1.29 is 28.4 Å². The van der Waals surface area contributed by atoms with Gasteiger partial charge >= 0.3 is 18.1 Å². The van der Waals surface area contributed by atoms with E-state index in [-0.39, 0.29) is 0 Å². The molecule has 3 spiro atoms. The maximum Gasteiger partial charge on any atom is 0.478 e. The molecule has 0 aromatic rings. The molecule has 0 amide bonds. The maximum absolute atomic E-state index is 5.46. The van der Waals surface area contributed by atoms with Gasteiger partial charge in [0, 0.05) is 13.3 Å². The molecule has 3 atom stereocenters. The lowest BCUT2D eigenvalue weighted by atomic mass is 10.3. The van der Waals surface area contributed by atoms with Crippen molar-refractivity contribution in [1.29, 1.82) is 0 Å². The van der Waals surface area contributed by atoms with Crippen LogP contribution in [0.25, 0.3) is 0 Å². The van der Waals surface area contributed by atoms with Gasteiger partial charge in [0.25, 0.3) is 0 Å². The van der Waals surface area contributed by atoms with Gasteiger partial charge in [-0.25, -0.2) is 0 Å². The van der Waals surface area contributed by atoms with Gasteiger partial charge in [0.2, 0.25) is 29.5 Å². The smallest absolute Gasteiger partial charge is 0.402 e. The minimum absolute atomic E-state index is 0.295. The van der Waals surface area contributed by atoms with Crippen LogP contribution in [0.4, 0.5) is 0 Å². The quantitative estimate of drug-likeness (QED) is 0.706. The molecule has 0 radical (unpaired) electrons. The van der Waals surface area contributed by atoms with Crippen LogP contribution in [0.5, 0.6) is 0 Å². The fraction of sp³-hybridized carbons (Fsp3) is 0.571. The Morgan fingerprint density at radius 2 is 0.885 bits per heavy atom. The lowest BCUT2D eigenvalue weighted by Crippen LogP contribution is -2.56. The molecule has 12 nitrogen and oxygen atoms in total. The van der Waals surface area contributed by atoms with E-state index in [9.17, 15) is 0 Å². The average molecular weight is 360 g/mol. The standard InChI is InChI=1S/C14H12N6O6/c1-3-7-16-13(22-7)18-9(24-13)5-11-20-14(26-11)19-10(25-14)4-8-17-12(23-8)15-6(2)21-12/h3-5H2,1-2H3. The van der Waals surface area contributed by atoms with E-state index in [2.05, 4.69) is 30.0 Å². The van der Waals surface area contributed by atoms with E-state index in [1.807, 2.05) is 6.92 Å². The first kappa shape index (κ1) is 14.0. The highest BCUT2D eigenvalue weighted by Gasteiger charge is 2.57. The Morgan fingerprint density at radius 1 is 0.577 bits per heavy atom. The van der Waals surface area contributed by atoms with E-state index in [0.717, 1.165) is 0 Å². The molecule has 0 bridgehead atoms. The van der Waals surface area contributed by atoms with Crippen molar-refractivity contribution in [2.45, 2.75) is 51.2 Å². The second kappa shape index (κ2) is 4.14. The van der Waals surface area contributed by atoms with Gasteiger partial charge in [0.15, 0.2) is 5.90 Å². The van der Waals surface area contributed by atoms with Crippen molar-refractivity contribution in [2.24, 2.45) is 30.0 Å². The summed E-state index contributed by atoms with van der Waals surface area (Å²) in [6.45, 7) is 3.67. The van der Waals surface area contributed by atoms with Crippen LogP contribution in [0.3, 0.4) is 0 Å². The maximum atomic E-state index is 5.46. The fourth-order valence-electron chi connectivity index (χ4n) is 2.97. The molecule has 6 aliphatic heterocycles. The third-order valence-electron chi connectivity index (χ3n) is 4.07. The van der Waals surface area contributed by atoms with Crippen LogP contribution in [-0.2, 0) is 28.4 Å². The number of ether oxygens (including phenoxy) is 6. The van der Waals surface area contributed by atoms with Crippen molar-refractivity contribution in [3.63, 3.8) is 0 Å². The van der Waals surface area contributed by atoms with Crippen LogP contribution >= 0.6 is 0 Å². The molecule has 0 aromatic carbocycles. The number of aliphatic imine (C=N–C) groups is 6. The summed E-state index contributed by atoms with van der Waals surface area (Å²) in [5, 5.41) is 0. The summed E-state index contributed by atoms with van der Waals surface area (Å²) in [7, 11) is 0. The predicted molar refractivity (Wildman–Crippen MR) is 84.5 cm³/mol. The first-order valence-electron chi connectivity index (χ1n) is 8.11. The molecular formula is C14H12N6O6. The summed E-state index contributed by atoms with van der Waals surface area (Å²) in [5.74, 6) is 2.89. The van der Waals surface area contributed by atoms with Crippen molar-refractivity contribution in [3.05, 3.63) is 0 Å². The highest BCUT2D eigenvalue weighted by molar-refractivity contribution is 6.04. The van der Waals surface area contributed by atoms with Crippen LogP contribution in [0.15, 0.2) is 30.0 Å². The van der Waals surface area contributed by atoms with E-state index in [4.69, 9.17) is 28.4 Å². The van der Waals surface area contributed by atoms with Crippen LogP contribution in [-0.4, -0.2) is 53.5 Å². The minimum atomic E-state index is -1.28. The van der Waals surface area contributed by atoms with Gasteiger partial charge in [-0.1, -0.05) is 6.92 Å². The molecule has 6 heterocycles. The van der Waals surface area contributed by atoms with Gasteiger partial charge in [-0.2, -0.15) is 0 Å². The number of nitrogens with zero attached hydrogens (tertiary/aromatic N) is 6. The van der Waals surface area contributed by atoms with Gasteiger partial charge < -0.3 is 28.4 Å². The molecule has 6 aliphatic rings.